The number of ether oxygens (including phenoxy) is 3. The standard InChI is InChI=1S/C72H116N11O25P3S/c1-15-43(6)58(51(102-13)35-56(87)81-31-22-25-49(81)63(103-14)46(9)68(92)79-44(7)33-47-23-18-16-19-24-47)45(8)61(89)48(41(2)3)34-50(84)60(42(4)5)80(12)55(86)26-20-17-21-30-82-57(88)36-53(70(82)94)112-32-29-74-54(85)27-28-75-69(93)65(91)72(10,11)38-105-111(100,101)108-110(98,99)104-37-52-64(107-109(95,96)97)62(90)71(106-52)83-40-78-59-66(73)76-39-77-67(59)83/h16,18-19,23-24,39-46,48-49,51-53,58,60,62-65,71,90-91H,15,17,20-22,25-38H2,1-14H3,(H,74,85)(H,75,93)(H,79,92)(H,98,99)(H,100,101)(H2,73,76,77)(H2,95,96,97)/t43-,44+,45?,46+,48?,49-,51+,52-,53?,58+,60-,62-,63+,64-,65-,71-/m0/s1. The molecule has 3 fully saturated rings. The van der Waals surface area contributed by atoms with Gasteiger partial charge in [0.15, 0.2) is 23.5 Å². The Kier molecular flexibility index (Phi) is 36.1. The maximum Gasteiger partial charge on any atom is 0.481 e. The van der Waals surface area contributed by atoms with E-state index in [1.807, 2.05) is 97.5 Å². The van der Waals surface area contributed by atoms with Crippen LogP contribution in [0.4, 0.5) is 5.82 Å². The number of hydrogen-bond acceptors (Lipinski definition) is 26. The molecule has 3 aromatic rings. The molecular weight excluding hydrogens is 1540 g/mol. The number of unbranched alkanes of at least 4 members (excludes halogenated alkanes) is 2. The molecule has 5 heterocycles. The van der Waals surface area contributed by atoms with Crippen molar-refractivity contribution in [3.05, 3.63) is 48.5 Å². The van der Waals surface area contributed by atoms with E-state index >= 15 is 0 Å². The molecule has 0 saturated carbocycles. The summed E-state index contributed by atoms with van der Waals surface area (Å²) in [4.78, 5) is 180. The minimum absolute atomic E-state index is 0.000393. The fourth-order valence-corrected chi connectivity index (χ4v) is 18.6. The number of imidazole rings is 1. The van der Waals surface area contributed by atoms with Gasteiger partial charge in [-0.3, -0.25) is 66.2 Å². The van der Waals surface area contributed by atoms with Crippen LogP contribution in [0.3, 0.4) is 0 Å². The van der Waals surface area contributed by atoms with E-state index in [2.05, 4.69) is 39.7 Å². The summed E-state index contributed by atoms with van der Waals surface area (Å²) < 4.78 is 75.2. The maximum absolute atomic E-state index is 14.9. The molecule has 18 atom stereocenters. The van der Waals surface area contributed by atoms with Gasteiger partial charge in [0.25, 0.3) is 0 Å². The third-order valence-corrected chi connectivity index (χ3v) is 25.4. The largest absolute Gasteiger partial charge is 0.481 e. The number of Topliss-reactive ketones (excluding diaryl/α,β-unsaturated/α-hetero) is 2. The van der Waals surface area contributed by atoms with Crippen molar-refractivity contribution in [1.82, 2.24) is 50.2 Å². The Balaban J connectivity index is 0.882. The Morgan fingerprint density at radius 3 is 2.15 bits per heavy atom. The number of aliphatic hydroxyl groups is 2. The molecule has 11 N–H and O–H groups in total. The first-order valence-corrected chi connectivity index (χ1v) is 43.4. The first kappa shape index (κ1) is 94.8. The van der Waals surface area contributed by atoms with E-state index in [9.17, 15) is 86.6 Å². The number of likely N-dealkylation sites (tertiary alicyclic amines) is 2. The predicted octanol–water partition coefficient (Wildman–Crippen LogP) is 5.20. The third kappa shape index (κ3) is 26.5. The second-order valence-electron chi connectivity index (χ2n) is 30.6. The summed E-state index contributed by atoms with van der Waals surface area (Å²) in [6, 6.07) is 8.59. The number of imide groups is 1. The number of benzene rings is 1. The molecule has 0 radical (unpaired) electrons. The molecule has 40 heteroatoms. The average Bonchev–Trinajstić information content (AvgIpc) is 1.57. The SMILES string of the molecule is CC[C@H](C)[C@H](C(C)C(=O)C(CC(=O)[C@H](C(C)C)N(C)C(=O)CCCCCN1C(=O)CC(SCCNC(=O)CCNC(=O)[C@H](O)C(C)(C)COP(=O)(O)OP(=O)(O)OC[C@@H]2O[C@H](n3cnc4c(N)ncnc43)[C@@H](O)[C@H]2OP(=O)(O)O)C1=O)C(C)C)[C@@H](CC(=O)N1CCC[C@H]1[C@H](OC)[C@@H](C)C(=O)N[C@H](C)Cc1ccccc1)OC. The third-order valence-electron chi connectivity index (χ3n) is 21.0. The number of amides is 7. The molecule has 7 amide bonds. The van der Waals surface area contributed by atoms with Gasteiger partial charge in [-0.2, -0.15) is 4.31 Å². The highest BCUT2D eigenvalue weighted by Gasteiger charge is 2.52. The molecule has 2 aromatic heterocycles. The molecule has 112 heavy (non-hydrogen) atoms. The number of nitrogens with two attached hydrogens (primary N) is 1. The van der Waals surface area contributed by atoms with Crippen molar-refractivity contribution >= 4 is 105 Å². The lowest BCUT2D eigenvalue weighted by atomic mass is 9.70. The van der Waals surface area contributed by atoms with Gasteiger partial charge in [-0.25, -0.2) is 28.6 Å². The van der Waals surface area contributed by atoms with Crippen LogP contribution in [0.25, 0.3) is 11.2 Å². The highest BCUT2D eigenvalue weighted by Crippen LogP contribution is 2.61. The molecule has 3 aliphatic heterocycles. The van der Waals surface area contributed by atoms with Crippen LogP contribution in [-0.2, 0) is 95.4 Å². The summed E-state index contributed by atoms with van der Waals surface area (Å²) in [5, 5.41) is 29.3. The zero-order valence-corrected chi connectivity index (χ0v) is 69.8. The van der Waals surface area contributed by atoms with E-state index in [0.29, 0.717) is 45.1 Å². The summed E-state index contributed by atoms with van der Waals surface area (Å²) in [6.45, 7) is 18.0. The lowest BCUT2D eigenvalue weighted by molar-refractivity contribution is -0.145. The van der Waals surface area contributed by atoms with Gasteiger partial charge in [0.2, 0.25) is 41.4 Å². The number of anilines is 1. The molecule has 3 aliphatic rings. The summed E-state index contributed by atoms with van der Waals surface area (Å²) >= 11 is 1.17. The van der Waals surface area contributed by atoms with Crippen LogP contribution >= 0.6 is 35.2 Å². The molecule has 0 spiro atoms. The predicted molar refractivity (Wildman–Crippen MR) is 410 cm³/mol. The van der Waals surface area contributed by atoms with Gasteiger partial charge in [-0.05, 0) is 68.3 Å². The molecule has 1 aromatic carbocycles. The number of nitrogens with one attached hydrogen (secondary N) is 3. The summed E-state index contributed by atoms with van der Waals surface area (Å²) in [6.07, 6.45) is -4.54. The second kappa shape index (κ2) is 42.7. The Bertz CT molecular complexity index is 3840. The number of ketones is 2. The Morgan fingerprint density at radius 1 is 0.839 bits per heavy atom. The molecule has 0 bridgehead atoms. The topological polar surface area (TPSA) is 506 Å². The number of carbonyl (C=O) groups is 9. The van der Waals surface area contributed by atoms with Crippen LogP contribution in [0.5, 0.6) is 0 Å². The Hall–Kier alpha value is -6.08. The first-order chi connectivity index (χ1) is 52.5. The number of aromatic nitrogens is 4. The number of carbonyl (C=O) groups excluding carboxylic acids is 9. The Morgan fingerprint density at radius 2 is 1.52 bits per heavy atom. The van der Waals surface area contributed by atoms with Gasteiger partial charge in [-0.15, -0.1) is 11.8 Å². The highest BCUT2D eigenvalue weighted by atomic mass is 32.2. The van der Waals surface area contributed by atoms with Crippen LogP contribution in [0, 0.1) is 46.8 Å². The quantitative estimate of drug-likeness (QED) is 0.0197. The number of rotatable bonds is 48. The van der Waals surface area contributed by atoms with Gasteiger partial charge < -0.3 is 75.5 Å². The van der Waals surface area contributed by atoms with Crippen molar-refractivity contribution in [2.75, 3.05) is 72.1 Å². The lowest BCUT2D eigenvalue weighted by Gasteiger charge is -2.38. The Labute approximate surface area is 658 Å². The van der Waals surface area contributed by atoms with Crippen molar-refractivity contribution in [3.63, 3.8) is 0 Å². The molecule has 5 unspecified atom stereocenters. The van der Waals surface area contributed by atoms with Gasteiger partial charge in [0, 0.05) is 102 Å². The zero-order chi connectivity index (χ0) is 83.5. The number of nitrogens with zero attached hydrogens (tertiary/aromatic N) is 7. The van der Waals surface area contributed by atoms with Gasteiger partial charge in [-0.1, -0.05) is 112 Å². The van der Waals surface area contributed by atoms with E-state index in [1.165, 1.54) is 35.4 Å². The van der Waals surface area contributed by atoms with E-state index in [0.717, 1.165) is 29.2 Å². The molecule has 3 saturated heterocycles. The number of fused-ring (bicyclic) bond motifs is 1. The number of phosphoric acid groups is 3. The van der Waals surface area contributed by atoms with E-state index in [1.54, 1.807) is 21.3 Å². The fourth-order valence-electron chi connectivity index (χ4n) is 14.8. The van der Waals surface area contributed by atoms with Crippen LogP contribution in [0.2, 0.25) is 0 Å². The second-order valence-corrected chi connectivity index (χ2v) is 36.1. The normalized spacial score (nSPS) is 22.2. The monoisotopic (exact) mass is 1660 g/mol. The zero-order valence-electron chi connectivity index (χ0n) is 66.3. The lowest BCUT2D eigenvalue weighted by Crippen LogP contribution is -2.51. The molecule has 630 valence electrons. The first-order valence-electron chi connectivity index (χ1n) is 37.8. The number of thioether (sulfide) groups is 1. The van der Waals surface area contributed by atoms with Gasteiger partial charge >= 0.3 is 23.5 Å². The van der Waals surface area contributed by atoms with E-state index in [-0.39, 0.29) is 145 Å². The minimum Gasteiger partial charge on any atom is -0.386 e. The van der Waals surface area contributed by atoms with E-state index < -0.39 is 132 Å². The summed E-state index contributed by atoms with van der Waals surface area (Å²) in [7, 11) is -11.9. The molecule has 6 rings (SSSR count). The summed E-state index contributed by atoms with van der Waals surface area (Å²) in [5.74, 6) is -5.97. The van der Waals surface area contributed by atoms with Crippen molar-refractivity contribution in [3.8, 4) is 0 Å². The number of methoxy groups -OCH3 is 2. The minimum atomic E-state index is -5.65. The number of hydrogen-bond donors (Lipinski definition) is 10. The molecular formula is C72H116N11O25P3S. The molecule has 36 nitrogen and oxygen atoms in total. The van der Waals surface area contributed by atoms with Crippen molar-refractivity contribution < 1.29 is 119 Å². The highest BCUT2D eigenvalue weighted by molar-refractivity contribution is 8.00. The number of phosphoric ester groups is 3. The van der Waals surface area contributed by atoms with Crippen LogP contribution < -0.4 is 21.7 Å². The number of aliphatic hydroxyl groups excluding tert-OH is 2. The van der Waals surface area contributed by atoms with Crippen molar-refractivity contribution in [1.29, 1.82) is 0 Å². The van der Waals surface area contributed by atoms with Gasteiger partial charge in [0.05, 0.1) is 61.4 Å². The van der Waals surface area contributed by atoms with Crippen molar-refractivity contribution in [2.24, 2.45) is 46.8 Å². The van der Waals surface area contributed by atoms with Crippen LogP contribution in [0.15, 0.2) is 43.0 Å². The average molecular weight is 1660 g/mol. The fraction of sp³-hybridized carbons (Fsp3) is 0.722. The van der Waals surface area contributed by atoms with E-state index in [4.69, 9.17) is 29.0 Å². The van der Waals surface area contributed by atoms with Crippen LogP contribution in [-0.4, -0.2) is 243 Å². The van der Waals surface area contributed by atoms with Crippen LogP contribution in [0.1, 0.15) is 159 Å². The smallest absolute Gasteiger partial charge is 0.386 e. The number of likely N-dealkylation sites (N-methyl/N-ethyl adjacent to an activating group) is 1. The summed E-state index contributed by atoms with van der Waals surface area (Å²) in [5.41, 5.74) is 5.28. The van der Waals surface area contributed by atoms with Crippen molar-refractivity contribution in [2.45, 2.75) is 219 Å². The van der Waals surface area contributed by atoms with Gasteiger partial charge in [0.1, 0.15) is 42.0 Å². The number of nitrogen functional groups attached to an aromatic ring is 1. The maximum atomic E-state index is 14.9. The molecule has 0 aliphatic carbocycles.